The van der Waals surface area contributed by atoms with Crippen LogP contribution in [0, 0.1) is 0 Å². The van der Waals surface area contributed by atoms with E-state index >= 15 is 0 Å². The lowest BCUT2D eigenvalue weighted by molar-refractivity contribution is -0.115. The van der Waals surface area contributed by atoms with Crippen LogP contribution in [-0.2, 0) is 11.3 Å². The summed E-state index contributed by atoms with van der Waals surface area (Å²) in [7, 11) is 3.33. The molecule has 160 valence electrons. The van der Waals surface area contributed by atoms with Gasteiger partial charge in [-0.2, -0.15) is 0 Å². The predicted molar refractivity (Wildman–Crippen MR) is 119 cm³/mol. The van der Waals surface area contributed by atoms with Crippen LogP contribution < -0.4 is 9.47 Å². The van der Waals surface area contributed by atoms with Crippen molar-refractivity contribution in [2.75, 3.05) is 14.2 Å². The van der Waals surface area contributed by atoms with E-state index in [1.165, 1.54) is 0 Å². The molecule has 0 radical (unpaired) electrons. The molecule has 0 spiro atoms. The number of benzene rings is 1. The van der Waals surface area contributed by atoms with Crippen molar-refractivity contribution in [1.82, 2.24) is 14.9 Å². The molecule has 2 aromatic heterocycles. The zero-order valence-electron chi connectivity index (χ0n) is 17.9. The second-order valence-corrected chi connectivity index (χ2v) is 7.63. The van der Waals surface area contributed by atoms with Gasteiger partial charge in [-0.25, -0.2) is 4.98 Å². The minimum absolute atomic E-state index is 0.00430. The van der Waals surface area contributed by atoms with Gasteiger partial charge in [0.15, 0.2) is 0 Å². The third-order valence-electron chi connectivity index (χ3n) is 5.84. The van der Waals surface area contributed by atoms with Gasteiger partial charge in [0.05, 0.1) is 42.9 Å². The number of hydrogen-bond donors (Lipinski definition) is 0. The average molecular weight is 418 g/mol. The third kappa shape index (κ3) is 4.44. The molecule has 0 amide bonds. The minimum Gasteiger partial charge on any atom is -0.496 e. The maximum absolute atomic E-state index is 12.0. The molecule has 1 aliphatic heterocycles. The average Bonchev–Trinajstić information content (AvgIpc) is 2.84. The van der Waals surface area contributed by atoms with Crippen LogP contribution >= 0.6 is 0 Å². The molecule has 3 aromatic rings. The number of aromatic nitrogens is 2. The summed E-state index contributed by atoms with van der Waals surface area (Å²) in [4.78, 5) is 23.5. The molecule has 6 heteroatoms. The Bertz CT molecular complexity index is 1000. The summed E-state index contributed by atoms with van der Waals surface area (Å²) in [6.45, 7) is 0.552. The van der Waals surface area contributed by atoms with Crippen molar-refractivity contribution in [2.24, 2.45) is 0 Å². The van der Waals surface area contributed by atoms with Crippen LogP contribution in [0.3, 0.4) is 0 Å². The highest BCUT2D eigenvalue weighted by atomic mass is 16.5. The summed E-state index contributed by atoms with van der Waals surface area (Å²) in [5.41, 5.74) is 3.54. The van der Waals surface area contributed by atoms with Crippen LogP contribution in [0.4, 0.5) is 0 Å². The fourth-order valence-corrected chi connectivity index (χ4v) is 4.39. The van der Waals surface area contributed by atoms with E-state index in [1.54, 1.807) is 20.4 Å². The van der Waals surface area contributed by atoms with Crippen molar-refractivity contribution in [3.05, 3.63) is 72.1 Å². The molecule has 1 aliphatic rings. The highest BCUT2D eigenvalue weighted by Gasteiger charge is 2.35. The topological polar surface area (TPSA) is 64.6 Å². The molecule has 2 unspecified atom stereocenters. The summed E-state index contributed by atoms with van der Waals surface area (Å²) in [6, 6.07) is 17.4. The summed E-state index contributed by atoms with van der Waals surface area (Å²) in [5.74, 6) is 1.55. The van der Waals surface area contributed by atoms with E-state index in [0.29, 0.717) is 6.54 Å². The van der Waals surface area contributed by atoms with E-state index in [4.69, 9.17) is 14.5 Å². The number of hydrogen-bond acceptors (Lipinski definition) is 6. The zero-order chi connectivity index (χ0) is 21.6. The molecule has 31 heavy (non-hydrogen) atoms. The smallest absolute Gasteiger partial charge is 0.137 e. The van der Waals surface area contributed by atoms with Crippen molar-refractivity contribution in [3.63, 3.8) is 0 Å². The van der Waals surface area contributed by atoms with Crippen LogP contribution in [0.25, 0.3) is 11.4 Å². The molecular weight excluding hydrogens is 390 g/mol. The van der Waals surface area contributed by atoms with Crippen molar-refractivity contribution in [3.8, 4) is 22.9 Å². The maximum Gasteiger partial charge on any atom is 0.137 e. The van der Waals surface area contributed by atoms with Crippen LogP contribution in [-0.4, -0.2) is 41.4 Å². The van der Waals surface area contributed by atoms with Gasteiger partial charge < -0.3 is 14.3 Å². The van der Waals surface area contributed by atoms with E-state index in [0.717, 1.165) is 59.7 Å². The quantitative estimate of drug-likeness (QED) is 0.529. The second-order valence-electron chi connectivity index (χ2n) is 7.63. The van der Waals surface area contributed by atoms with Gasteiger partial charge in [-0.15, -0.1) is 0 Å². The van der Waals surface area contributed by atoms with Crippen molar-refractivity contribution < 1.29 is 14.3 Å². The van der Waals surface area contributed by atoms with Crippen LogP contribution in [0.15, 0.2) is 60.8 Å². The molecule has 1 fully saturated rings. The number of piperidine rings is 1. The Morgan fingerprint density at radius 1 is 0.968 bits per heavy atom. The molecule has 0 saturated carbocycles. The number of ether oxygens (including phenoxy) is 2. The summed E-state index contributed by atoms with van der Waals surface area (Å²) < 4.78 is 11.3. The number of aldehydes is 1. The number of rotatable bonds is 7. The molecule has 6 nitrogen and oxygen atoms in total. The first-order valence-corrected chi connectivity index (χ1v) is 10.5. The SMILES string of the molecule is COc1cccc(OC)c1C1CCCC(C=O)N1Cc1cccc(-c2ccccn2)n1. The number of nitrogens with zero attached hydrogens (tertiary/aromatic N) is 3. The Balaban J connectivity index is 1.71. The summed E-state index contributed by atoms with van der Waals surface area (Å²) in [5, 5.41) is 0. The maximum atomic E-state index is 12.0. The number of pyridine rings is 2. The van der Waals surface area contributed by atoms with Gasteiger partial charge in [-0.1, -0.05) is 18.2 Å². The number of carbonyl (C=O) groups is 1. The van der Waals surface area contributed by atoms with Gasteiger partial charge in [0.1, 0.15) is 17.8 Å². The first-order valence-electron chi connectivity index (χ1n) is 10.5. The number of carbonyl (C=O) groups excluding carboxylic acids is 1. The molecular formula is C25H27N3O3. The van der Waals surface area contributed by atoms with E-state index in [2.05, 4.69) is 9.88 Å². The third-order valence-corrected chi connectivity index (χ3v) is 5.84. The van der Waals surface area contributed by atoms with Gasteiger partial charge >= 0.3 is 0 Å². The van der Waals surface area contributed by atoms with Crippen molar-refractivity contribution in [2.45, 2.75) is 37.9 Å². The Morgan fingerprint density at radius 3 is 2.39 bits per heavy atom. The minimum atomic E-state index is -0.186. The number of likely N-dealkylation sites (tertiary alicyclic amines) is 1. The van der Waals surface area contributed by atoms with Crippen molar-refractivity contribution in [1.29, 1.82) is 0 Å². The Labute approximate surface area is 182 Å². The van der Waals surface area contributed by atoms with Crippen LogP contribution in [0.1, 0.15) is 36.6 Å². The molecule has 0 bridgehead atoms. The Hall–Kier alpha value is -3.25. The molecule has 4 rings (SSSR count). The van der Waals surface area contributed by atoms with Crippen LogP contribution in [0.2, 0.25) is 0 Å². The van der Waals surface area contributed by atoms with Gasteiger partial charge in [0.2, 0.25) is 0 Å². The molecule has 0 N–H and O–H groups in total. The molecule has 0 aliphatic carbocycles. The molecule has 1 aromatic carbocycles. The van der Waals surface area contributed by atoms with E-state index in [-0.39, 0.29) is 12.1 Å². The van der Waals surface area contributed by atoms with E-state index < -0.39 is 0 Å². The van der Waals surface area contributed by atoms with Gasteiger partial charge in [0.25, 0.3) is 0 Å². The standard InChI is InChI=1S/C25H27N3O3/c1-30-23-13-7-14-24(31-2)25(23)22-12-6-9-19(17-29)28(22)16-18-8-5-11-21(27-18)20-10-3-4-15-26-20/h3-5,7-8,10-11,13-15,17,19,22H,6,9,12,16H2,1-2H3. The highest BCUT2D eigenvalue weighted by molar-refractivity contribution is 5.59. The van der Waals surface area contributed by atoms with E-state index in [1.807, 2.05) is 54.6 Å². The fraction of sp³-hybridized carbons (Fsp3) is 0.320. The molecule has 3 heterocycles. The molecule has 2 atom stereocenters. The normalized spacial score (nSPS) is 19.0. The van der Waals surface area contributed by atoms with Gasteiger partial charge in [-0.05, 0) is 55.7 Å². The van der Waals surface area contributed by atoms with Crippen LogP contribution in [0.5, 0.6) is 11.5 Å². The van der Waals surface area contributed by atoms with Gasteiger partial charge in [-0.3, -0.25) is 9.88 Å². The second kappa shape index (κ2) is 9.71. The summed E-state index contributed by atoms with van der Waals surface area (Å²) in [6.07, 6.45) is 5.53. The lowest BCUT2D eigenvalue weighted by Crippen LogP contribution is -2.42. The fourth-order valence-electron chi connectivity index (χ4n) is 4.39. The first-order chi connectivity index (χ1) is 15.2. The lowest BCUT2D eigenvalue weighted by Gasteiger charge is -2.40. The first kappa shape index (κ1) is 21.0. The Kier molecular flexibility index (Phi) is 6.57. The van der Waals surface area contributed by atoms with Gasteiger partial charge in [0, 0.05) is 18.8 Å². The molecule has 1 saturated heterocycles. The van der Waals surface area contributed by atoms with E-state index in [9.17, 15) is 4.79 Å². The zero-order valence-corrected chi connectivity index (χ0v) is 17.9. The Morgan fingerprint density at radius 2 is 1.71 bits per heavy atom. The lowest BCUT2D eigenvalue weighted by atomic mass is 9.89. The predicted octanol–water partition coefficient (Wildman–Crippen LogP) is 4.46. The summed E-state index contributed by atoms with van der Waals surface area (Å²) >= 11 is 0. The largest absolute Gasteiger partial charge is 0.496 e. The number of methoxy groups -OCH3 is 2. The highest BCUT2D eigenvalue weighted by Crippen LogP contribution is 2.43. The monoisotopic (exact) mass is 417 g/mol. The van der Waals surface area contributed by atoms with Crippen molar-refractivity contribution >= 4 is 6.29 Å².